The average Bonchev–Trinajstić information content (AvgIpc) is 2.89. The summed E-state index contributed by atoms with van der Waals surface area (Å²) in [7, 11) is 5.70. The Morgan fingerprint density at radius 3 is 2.73 bits per heavy atom. The number of hydrogen-bond donors (Lipinski definition) is 2. The molecular weight excluding hydrogens is 492 g/mol. The first-order valence-corrected chi connectivity index (χ1v) is 12.6. The van der Waals surface area contributed by atoms with Crippen LogP contribution >= 0.6 is 11.6 Å². The molecule has 1 aliphatic heterocycles. The number of carbonyl (C=O) groups is 1. The van der Waals surface area contributed by atoms with E-state index in [0.717, 1.165) is 49.7 Å². The van der Waals surface area contributed by atoms with Gasteiger partial charge in [-0.2, -0.15) is 0 Å². The van der Waals surface area contributed by atoms with E-state index in [1.807, 2.05) is 42.3 Å². The Morgan fingerprint density at radius 2 is 1.95 bits per heavy atom. The van der Waals surface area contributed by atoms with Crippen molar-refractivity contribution in [3.63, 3.8) is 0 Å². The largest absolute Gasteiger partial charge is 0.497 e. The molecule has 1 aromatic carbocycles. The lowest BCUT2D eigenvalue weighted by Crippen LogP contribution is -2.45. The summed E-state index contributed by atoms with van der Waals surface area (Å²) >= 11 is 6.17. The molecule has 4 rings (SSSR count). The Balaban J connectivity index is 1.40. The van der Waals surface area contributed by atoms with Crippen LogP contribution < -0.4 is 20.3 Å². The Bertz CT molecular complexity index is 1200. The minimum absolute atomic E-state index is 0.0593. The van der Waals surface area contributed by atoms with Gasteiger partial charge < -0.3 is 30.1 Å². The molecule has 1 aliphatic rings. The van der Waals surface area contributed by atoms with E-state index in [1.165, 1.54) is 0 Å². The van der Waals surface area contributed by atoms with Gasteiger partial charge in [0.2, 0.25) is 5.91 Å². The first kappa shape index (κ1) is 26.6. The van der Waals surface area contributed by atoms with Crippen molar-refractivity contribution in [1.29, 1.82) is 0 Å². The van der Waals surface area contributed by atoms with E-state index < -0.39 is 0 Å². The fourth-order valence-corrected chi connectivity index (χ4v) is 4.27. The number of amides is 1. The Labute approximate surface area is 222 Å². The lowest BCUT2D eigenvalue weighted by atomic mass is 10.2. The normalized spacial score (nSPS) is 14.3. The number of halogens is 1. The van der Waals surface area contributed by atoms with Crippen LogP contribution in [0.2, 0.25) is 5.15 Å². The number of carbonyl (C=O) groups excluding carboxylic acids is 1. The molecule has 0 unspecified atom stereocenters. The third-order valence-electron chi connectivity index (χ3n) is 6.22. The maximum Gasteiger partial charge on any atom is 0.226 e. The molecule has 1 amide bonds. The van der Waals surface area contributed by atoms with Gasteiger partial charge >= 0.3 is 0 Å². The van der Waals surface area contributed by atoms with Gasteiger partial charge in [-0.3, -0.25) is 4.79 Å². The number of anilines is 4. The number of pyridine rings is 1. The van der Waals surface area contributed by atoms with Crippen molar-refractivity contribution < 1.29 is 9.53 Å². The first-order valence-electron chi connectivity index (χ1n) is 12.2. The van der Waals surface area contributed by atoms with Gasteiger partial charge in [0.05, 0.1) is 12.8 Å². The summed E-state index contributed by atoms with van der Waals surface area (Å²) < 4.78 is 5.33. The van der Waals surface area contributed by atoms with Crippen molar-refractivity contribution in [3.05, 3.63) is 59.4 Å². The predicted octanol–water partition coefficient (Wildman–Crippen LogP) is 3.49. The van der Waals surface area contributed by atoms with Gasteiger partial charge in [0.15, 0.2) is 11.0 Å². The van der Waals surface area contributed by atoms with Crippen LogP contribution in [-0.4, -0.2) is 84.8 Å². The Kier molecular flexibility index (Phi) is 9.10. The fourth-order valence-electron chi connectivity index (χ4n) is 4.12. The number of hydrogen-bond acceptors (Lipinski definition) is 9. The molecule has 0 saturated carbocycles. The van der Waals surface area contributed by atoms with Gasteiger partial charge in [-0.15, -0.1) is 10.2 Å². The fraction of sp³-hybridized carbons (Fsp3) is 0.385. The monoisotopic (exact) mass is 524 g/mol. The van der Waals surface area contributed by atoms with Crippen molar-refractivity contribution in [1.82, 2.24) is 25.0 Å². The summed E-state index contributed by atoms with van der Waals surface area (Å²) in [6, 6.07) is 13.2. The van der Waals surface area contributed by atoms with Crippen LogP contribution in [0.3, 0.4) is 0 Å². The molecule has 0 bridgehead atoms. The van der Waals surface area contributed by atoms with E-state index in [4.69, 9.17) is 16.3 Å². The number of methoxy groups -OCH3 is 1. The lowest BCUT2D eigenvalue weighted by molar-refractivity contribution is -0.116. The van der Waals surface area contributed by atoms with Crippen LogP contribution in [0, 0.1) is 0 Å². The third-order valence-corrected chi connectivity index (χ3v) is 6.40. The van der Waals surface area contributed by atoms with Gasteiger partial charge in [-0.25, -0.2) is 4.98 Å². The average molecular weight is 525 g/mol. The number of benzene rings is 1. The lowest BCUT2D eigenvalue weighted by Gasteiger charge is -2.32. The third kappa shape index (κ3) is 7.75. The summed E-state index contributed by atoms with van der Waals surface area (Å²) in [5, 5.41) is 14.9. The molecule has 0 atom stereocenters. The summed E-state index contributed by atoms with van der Waals surface area (Å²) in [5.74, 6) is 1.84. The molecule has 1 fully saturated rings. The predicted molar refractivity (Wildman–Crippen MR) is 147 cm³/mol. The van der Waals surface area contributed by atoms with Crippen LogP contribution in [0.4, 0.5) is 23.0 Å². The molecule has 3 heterocycles. The molecule has 0 spiro atoms. The minimum atomic E-state index is -0.0593. The molecule has 37 heavy (non-hydrogen) atoms. The second-order valence-electron chi connectivity index (χ2n) is 9.11. The SMILES string of the molecule is COc1cccc(CN(C)c2nnc(Cl)cc2Nc2ccnc(NC(=O)CCN3CCN(C)CC3)c2)c1. The summed E-state index contributed by atoms with van der Waals surface area (Å²) in [4.78, 5) is 23.4. The quantitative estimate of drug-likeness (QED) is 0.413. The number of piperazine rings is 1. The van der Waals surface area contributed by atoms with Gasteiger partial charge in [0.1, 0.15) is 11.6 Å². The topological polar surface area (TPSA) is 98.8 Å². The minimum Gasteiger partial charge on any atom is -0.497 e. The van der Waals surface area contributed by atoms with Gasteiger partial charge in [-0.05, 0) is 30.8 Å². The van der Waals surface area contributed by atoms with Crippen molar-refractivity contribution >= 4 is 40.5 Å². The molecule has 196 valence electrons. The van der Waals surface area contributed by atoms with Gasteiger partial charge in [0.25, 0.3) is 0 Å². The second-order valence-corrected chi connectivity index (χ2v) is 9.50. The molecule has 1 saturated heterocycles. The standard InChI is InChI=1S/C26H33ClN8O2/c1-33-11-13-35(14-12-33)10-8-25(36)30-24-16-20(7-9-28-24)29-22-17-23(27)31-32-26(22)34(2)18-19-5-4-6-21(15-19)37-3/h4-7,9,15-17H,8,10-14,18H2,1-3H3,(H2,28,29,30,31,36). The van der Waals surface area contributed by atoms with Crippen molar-refractivity contribution in [2.24, 2.45) is 0 Å². The number of ether oxygens (including phenoxy) is 1. The van der Waals surface area contributed by atoms with Gasteiger partial charge in [0, 0.05) is 76.8 Å². The van der Waals surface area contributed by atoms with Crippen LogP contribution in [0.25, 0.3) is 0 Å². The van der Waals surface area contributed by atoms with E-state index in [9.17, 15) is 4.79 Å². The van der Waals surface area contributed by atoms with Crippen molar-refractivity contribution in [3.8, 4) is 5.75 Å². The van der Waals surface area contributed by atoms with E-state index >= 15 is 0 Å². The summed E-state index contributed by atoms with van der Waals surface area (Å²) in [5.41, 5.74) is 2.49. The molecule has 2 aromatic heterocycles. The van der Waals surface area contributed by atoms with Crippen LogP contribution in [0.1, 0.15) is 12.0 Å². The maximum atomic E-state index is 12.5. The number of rotatable bonds is 10. The Hall–Kier alpha value is -3.47. The molecular formula is C26H33ClN8O2. The second kappa shape index (κ2) is 12.7. The van der Waals surface area contributed by atoms with E-state index in [2.05, 4.69) is 42.7 Å². The highest BCUT2D eigenvalue weighted by molar-refractivity contribution is 6.29. The first-order chi connectivity index (χ1) is 17.9. The van der Waals surface area contributed by atoms with Crippen molar-refractivity contribution in [2.45, 2.75) is 13.0 Å². The van der Waals surface area contributed by atoms with Crippen LogP contribution in [0.5, 0.6) is 5.75 Å². The zero-order valence-electron chi connectivity index (χ0n) is 21.4. The maximum absolute atomic E-state index is 12.5. The number of likely N-dealkylation sites (N-methyl/N-ethyl adjacent to an activating group) is 1. The van der Waals surface area contributed by atoms with Gasteiger partial charge in [-0.1, -0.05) is 23.7 Å². The Morgan fingerprint density at radius 1 is 1.14 bits per heavy atom. The molecule has 0 radical (unpaired) electrons. The zero-order valence-corrected chi connectivity index (χ0v) is 22.2. The van der Waals surface area contributed by atoms with E-state index in [1.54, 1.807) is 25.4 Å². The number of aromatic nitrogens is 3. The molecule has 2 N–H and O–H groups in total. The highest BCUT2D eigenvalue weighted by Gasteiger charge is 2.16. The van der Waals surface area contributed by atoms with Crippen LogP contribution in [0.15, 0.2) is 48.7 Å². The molecule has 0 aliphatic carbocycles. The number of nitrogens with one attached hydrogen (secondary N) is 2. The molecule has 3 aromatic rings. The van der Waals surface area contributed by atoms with Crippen molar-refractivity contribution in [2.75, 3.05) is 69.5 Å². The molecule has 10 nitrogen and oxygen atoms in total. The molecule has 11 heteroatoms. The van der Waals surface area contributed by atoms with Crippen LogP contribution in [-0.2, 0) is 11.3 Å². The summed E-state index contributed by atoms with van der Waals surface area (Å²) in [6.07, 6.45) is 2.07. The summed E-state index contributed by atoms with van der Waals surface area (Å²) in [6.45, 7) is 5.36. The zero-order chi connectivity index (χ0) is 26.2. The van der Waals surface area contributed by atoms with E-state index in [-0.39, 0.29) is 11.1 Å². The highest BCUT2D eigenvalue weighted by atomic mass is 35.5. The number of nitrogens with zero attached hydrogens (tertiary/aromatic N) is 6. The highest BCUT2D eigenvalue weighted by Crippen LogP contribution is 2.29. The smallest absolute Gasteiger partial charge is 0.226 e. The van der Waals surface area contributed by atoms with E-state index in [0.29, 0.717) is 30.3 Å².